The average Bonchev–Trinajstić information content (AvgIpc) is 3.08. The van der Waals surface area contributed by atoms with E-state index in [4.69, 9.17) is 0 Å². The molecule has 0 spiro atoms. The predicted octanol–water partition coefficient (Wildman–Crippen LogP) is 3.21. The smallest absolute Gasteiger partial charge is 0.243 e. The van der Waals surface area contributed by atoms with Gasteiger partial charge in [0.25, 0.3) is 0 Å². The van der Waals surface area contributed by atoms with Crippen LogP contribution in [-0.4, -0.2) is 37.3 Å². The van der Waals surface area contributed by atoms with Gasteiger partial charge in [0.1, 0.15) is 11.9 Å². The van der Waals surface area contributed by atoms with E-state index in [1.807, 2.05) is 0 Å². The number of amides is 1. The van der Waals surface area contributed by atoms with Gasteiger partial charge in [-0.2, -0.15) is 4.31 Å². The molecule has 0 aromatic heterocycles. The van der Waals surface area contributed by atoms with Gasteiger partial charge >= 0.3 is 0 Å². The van der Waals surface area contributed by atoms with Gasteiger partial charge in [-0.3, -0.25) is 4.79 Å². The number of hydrogen-bond donors (Lipinski definition) is 1. The van der Waals surface area contributed by atoms with E-state index < -0.39 is 21.9 Å². The van der Waals surface area contributed by atoms with E-state index in [-0.39, 0.29) is 16.8 Å². The molecule has 1 aliphatic carbocycles. The third-order valence-electron chi connectivity index (χ3n) is 5.38. The number of carbonyl (C=O) groups excluding carboxylic acids is 1. The molecule has 1 N–H and O–H groups in total. The second-order valence-corrected chi connectivity index (χ2v) is 9.17. The number of nitrogens with one attached hydrogen (secondary N) is 1. The van der Waals surface area contributed by atoms with E-state index in [9.17, 15) is 17.6 Å². The Kier molecular flexibility index (Phi) is 6.29. The molecule has 2 aliphatic rings. The van der Waals surface area contributed by atoms with Crippen molar-refractivity contribution >= 4 is 15.9 Å². The van der Waals surface area contributed by atoms with E-state index in [1.165, 1.54) is 35.7 Å². The summed E-state index contributed by atoms with van der Waals surface area (Å²) in [5, 5.41) is 3.09. The van der Waals surface area contributed by atoms with E-state index in [2.05, 4.69) is 5.32 Å². The number of carbonyl (C=O) groups is 1. The molecule has 1 atom stereocenters. The molecule has 1 saturated heterocycles. The van der Waals surface area contributed by atoms with Crippen LogP contribution >= 0.6 is 0 Å². The van der Waals surface area contributed by atoms with Gasteiger partial charge in [0, 0.05) is 12.6 Å². The van der Waals surface area contributed by atoms with Crippen molar-refractivity contribution in [1.29, 1.82) is 0 Å². The number of halogens is 1. The maximum absolute atomic E-state index is 13.1. The highest BCUT2D eigenvalue weighted by Crippen LogP contribution is 2.27. The van der Waals surface area contributed by atoms with Crippen molar-refractivity contribution in [2.75, 3.05) is 6.54 Å². The van der Waals surface area contributed by atoms with Crippen LogP contribution in [0, 0.1) is 5.82 Å². The van der Waals surface area contributed by atoms with Crippen molar-refractivity contribution in [1.82, 2.24) is 9.62 Å². The molecule has 1 aromatic rings. The highest BCUT2D eigenvalue weighted by Gasteiger charge is 2.39. The van der Waals surface area contributed by atoms with Crippen molar-refractivity contribution in [2.24, 2.45) is 0 Å². The first kappa shape index (κ1) is 19.3. The fraction of sp³-hybridized carbons (Fsp3) is 0.632. The summed E-state index contributed by atoms with van der Waals surface area (Å²) in [5.41, 5.74) is 0. The monoisotopic (exact) mass is 382 g/mol. The fourth-order valence-electron chi connectivity index (χ4n) is 3.93. The van der Waals surface area contributed by atoms with E-state index in [1.54, 1.807) is 0 Å². The number of benzene rings is 1. The molecular weight excluding hydrogens is 355 g/mol. The molecule has 1 aliphatic heterocycles. The molecule has 26 heavy (non-hydrogen) atoms. The maximum atomic E-state index is 13.1. The predicted molar refractivity (Wildman–Crippen MR) is 97.6 cm³/mol. The highest BCUT2D eigenvalue weighted by atomic mass is 32.2. The van der Waals surface area contributed by atoms with Crippen molar-refractivity contribution < 1.29 is 17.6 Å². The minimum atomic E-state index is -3.80. The van der Waals surface area contributed by atoms with Crippen molar-refractivity contribution in [3.8, 4) is 0 Å². The second kappa shape index (κ2) is 8.48. The Balaban J connectivity index is 1.70. The maximum Gasteiger partial charge on any atom is 0.243 e. The summed E-state index contributed by atoms with van der Waals surface area (Å²) in [6, 6.07) is 4.24. The molecule has 1 aromatic carbocycles. The first-order valence-corrected chi connectivity index (χ1v) is 11.0. The molecular formula is C19H27FN2O3S. The summed E-state index contributed by atoms with van der Waals surface area (Å²) in [6.45, 7) is 0.322. The number of hydrogen-bond acceptors (Lipinski definition) is 3. The molecule has 0 bridgehead atoms. The molecule has 1 saturated carbocycles. The van der Waals surface area contributed by atoms with Gasteiger partial charge in [0.05, 0.1) is 4.90 Å². The molecule has 3 rings (SSSR count). The van der Waals surface area contributed by atoms with Crippen LogP contribution in [0.5, 0.6) is 0 Å². The van der Waals surface area contributed by atoms with Gasteiger partial charge < -0.3 is 5.32 Å². The van der Waals surface area contributed by atoms with Gasteiger partial charge in [-0.15, -0.1) is 0 Å². The summed E-state index contributed by atoms with van der Waals surface area (Å²) >= 11 is 0. The Labute approximate surface area is 155 Å². The molecule has 1 amide bonds. The zero-order chi connectivity index (χ0) is 18.6. The summed E-state index contributed by atoms with van der Waals surface area (Å²) in [6.07, 6.45) is 8.96. The molecule has 1 heterocycles. The van der Waals surface area contributed by atoms with Crippen LogP contribution in [-0.2, 0) is 14.8 Å². The zero-order valence-corrected chi connectivity index (χ0v) is 15.8. The lowest BCUT2D eigenvalue weighted by atomic mass is 9.96. The average molecular weight is 383 g/mol. The first-order chi connectivity index (χ1) is 12.5. The Morgan fingerprint density at radius 1 is 0.962 bits per heavy atom. The lowest BCUT2D eigenvalue weighted by molar-refractivity contribution is -0.125. The van der Waals surface area contributed by atoms with Gasteiger partial charge in [-0.05, 0) is 49.9 Å². The quantitative estimate of drug-likeness (QED) is 0.870. The Bertz CT molecular complexity index is 713. The SMILES string of the molecule is O=C(NC1CCCCCCC1)[C@@H]1CCCN1S(=O)(=O)c1ccc(F)cc1. The summed E-state index contributed by atoms with van der Waals surface area (Å²) in [5.74, 6) is -0.678. The largest absolute Gasteiger partial charge is 0.352 e. The van der Waals surface area contributed by atoms with Crippen LogP contribution in [0.3, 0.4) is 0 Å². The van der Waals surface area contributed by atoms with E-state index >= 15 is 0 Å². The fourth-order valence-corrected chi connectivity index (χ4v) is 5.59. The van der Waals surface area contributed by atoms with Crippen LogP contribution in [0.2, 0.25) is 0 Å². The number of rotatable bonds is 4. The number of sulfonamides is 1. The van der Waals surface area contributed by atoms with Crippen LogP contribution < -0.4 is 5.32 Å². The van der Waals surface area contributed by atoms with Crippen molar-refractivity contribution in [3.05, 3.63) is 30.1 Å². The summed E-state index contributed by atoms with van der Waals surface area (Å²) in [7, 11) is -3.80. The lowest BCUT2D eigenvalue weighted by Gasteiger charge is -2.27. The van der Waals surface area contributed by atoms with Crippen LogP contribution in [0.15, 0.2) is 29.2 Å². The molecule has 5 nitrogen and oxygen atoms in total. The summed E-state index contributed by atoms with van der Waals surface area (Å²) < 4.78 is 40.1. The lowest BCUT2D eigenvalue weighted by Crippen LogP contribution is -2.48. The molecule has 0 unspecified atom stereocenters. The van der Waals surface area contributed by atoms with E-state index in [0.29, 0.717) is 19.4 Å². The Morgan fingerprint density at radius 3 is 2.23 bits per heavy atom. The highest BCUT2D eigenvalue weighted by molar-refractivity contribution is 7.89. The third-order valence-corrected chi connectivity index (χ3v) is 7.30. The zero-order valence-electron chi connectivity index (χ0n) is 15.0. The number of nitrogens with zero attached hydrogens (tertiary/aromatic N) is 1. The minimum absolute atomic E-state index is 0.0320. The standard InChI is InChI=1S/C19H27FN2O3S/c20-15-10-12-17(13-11-15)26(24,25)22-14-6-9-18(22)19(23)21-16-7-4-2-1-3-5-8-16/h10-13,16,18H,1-9,14H2,(H,21,23)/t18-/m0/s1. The normalized spacial score (nSPS) is 23.3. The topological polar surface area (TPSA) is 66.5 Å². The van der Waals surface area contributed by atoms with Gasteiger partial charge in [0.2, 0.25) is 15.9 Å². The summed E-state index contributed by atoms with van der Waals surface area (Å²) in [4.78, 5) is 12.8. The Morgan fingerprint density at radius 2 is 1.58 bits per heavy atom. The molecule has 144 valence electrons. The second-order valence-electron chi connectivity index (χ2n) is 7.28. The third kappa shape index (κ3) is 4.43. The van der Waals surface area contributed by atoms with E-state index in [0.717, 1.165) is 37.8 Å². The van der Waals surface area contributed by atoms with Crippen molar-refractivity contribution in [3.63, 3.8) is 0 Å². The molecule has 0 radical (unpaired) electrons. The van der Waals surface area contributed by atoms with Gasteiger partial charge in [-0.25, -0.2) is 12.8 Å². The van der Waals surface area contributed by atoms with Crippen molar-refractivity contribution in [2.45, 2.75) is 74.8 Å². The van der Waals surface area contributed by atoms with Gasteiger partial charge in [-0.1, -0.05) is 32.1 Å². The van der Waals surface area contributed by atoms with Crippen LogP contribution in [0.25, 0.3) is 0 Å². The van der Waals surface area contributed by atoms with Gasteiger partial charge in [0.15, 0.2) is 0 Å². The van der Waals surface area contributed by atoms with Crippen LogP contribution in [0.4, 0.5) is 4.39 Å². The molecule has 2 fully saturated rings. The van der Waals surface area contributed by atoms with Crippen LogP contribution in [0.1, 0.15) is 57.8 Å². The molecule has 7 heteroatoms. The Hall–Kier alpha value is -1.47. The first-order valence-electron chi connectivity index (χ1n) is 9.56. The minimum Gasteiger partial charge on any atom is -0.352 e.